The van der Waals surface area contributed by atoms with Crippen molar-refractivity contribution in [2.24, 2.45) is 5.92 Å². The van der Waals surface area contributed by atoms with Crippen LogP contribution in [0.4, 0.5) is 5.82 Å². The number of hydrogen-bond acceptors (Lipinski definition) is 6. The number of piperazine rings is 1. The summed E-state index contributed by atoms with van der Waals surface area (Å²) in [5.74, 6) is 1.17. The number of amides is 2. The van der Waals surface area contributed by atoms with Crippen LogP contribution in [0, 0.1) is 5.92 Å². The number of rotatable bonds is 4. The molecule has 0 atom stereocenters. The van der Waals surface area contributed by atoms with E-state index in [1.807, 2.05) is 41.3 Å². The molecule has 0 spiro atoms. The van der Waals surface area contributed by atoms with Crippen LogP contribution in [0.15, 0.2) is 65.5 Å². The van der Waals surface area contributed by atoms with Crippen LogP contribution in [0.25, 0.3) is 11.3 Å². The van der Waals surface area contributed by atoms with Crippen LogP contribution in [0.3, 0.4) is 0 Å². The molecule has 0 bridgehead atoms. The summed E-state index contributed by atoms with van der Waals surface area (Å²) in [5.41, 5.74) is 1.92. The molecule has 0 N–H and O–H groups in total. The molecule has 31 heavy (non-hydrogen) atoms. The summed E-state index contributed by atoms with van der Waals surface area (Å²) in [5, 5.41) is 0. The lowest BCUT2D eigenvalue weighted by Crippen LogP contribution is -2.58. The molecule has 158 valence electrons. The van der Waals surface area contributed by atoms with E-state index in [1.54, 1.807) is 23.4 Å². The number of furan rings is 1. The maximum Gasteiger partial charge on any atom is 0.289 e. The van der Waals surface area contributed by atoms with Crippen molar-refractivity contribution in [1.82, 2.24) is 19.8 Å². The lowest BCUT2D eigenvalue weighted by molar-refractivity contribution is -0.137. The Labute approximate surface area is 180 Å². The monoisotopic (exact) mass is 417 g/mol. The van der Waals surface area contributed by atoms with E-state index < -0.39 is 0 Å². The molecule has 2 amide bonds. The highest BCUT2D eigenvalue weighted by atomic mass is 16.3. The van der Waals surface area contributed by atoms with E-state index in [-0.39, 0.29) is 17.7 Å². The summed E-state index contributed by atoms with van der Waals surface area (Å²) in [7, 11) is 0. The van der Waals surface area contributed by atoms with Crippen molar-refractivity contribution in [1.29, 1.82) is 0 Å². The molecule has 5 rings (SSSR count). The average Bonchev–Trinajstić information content (AvgIpc) is 3.33. The summed E-state index contributed by atoms with van der Waals surface area (Å²) in [6, 6.07) is 15.3. The van der Waals surface area contributed by atoms with Gasteiger partial charge in [-0.3, -0.25) is 9.59 Å². The second-order valence-electron chi connectivity index (χ2n) is 7.82. The first-order valence-electron chi connectivity index (χ1n) is 10.4. The summed E-state index contributed by atoms with van der Waals surface area (Å²) >= 11 is 0. The molecule has 2 aliphatic heterocycles. The number of anilines is 1. The largest absolute Gasteiger partial charge is 0.459 e. The van der Waals surface area contributed by atoms with Crippen molar-refractivity contribution in [3.8, 4) is 11.3 Å². The van der Waals surface area contributed by atoms with E-state index in [0.717, 1.165) is 17.1 Å². The van der Waals surface area contributed by atoms with Gasteiger partial charge in [-0.2, -0.15) is 0 Å². The first-order chi connectivity index (χ1) is 15.2. The maximum absolute atomic E-state index is 12.9. The second-order valence-corrected chi connectivity index (χ2v) is 7.82. The Hall–Kier alpha value is -3.68. The van der Waals surface area contributed by atoms with Crippen molar-refractivity contribution in [2.75, 3.05) is 44.2 Å². The van der Waals surface area contributed by atoms with Crippen LogP contribution in [-0.4, -0.2) is 70.9 Å². The molecule has 0 radical (unpaired) electrons. The molecule has 0 aliphatic carbocycles. The maximum atomic E-state index is 12.9. The zero-order valence-electron chi connectivity index (χ0n) is 17.1. The number of carbonyl (C=O) groups excluding carboxylic acids is 2. The Morgan fingerprint density at radius 2 is 1.65 bits per heavy atom. The Bertz CT molecular complexity index is 1060. The molecule has 2 fully saturated rings. The predicted octanol–water partition coefficient (Wildman–Crippen LogP) is 2.16. The van der Waals surface area contributed by atoms with Gasteiger partial charge in [-0.25, -0.2) is 9.97 Å². The molecular formula is C23H23N5O3. The number of hydrogen-bond donors (Lipinski definition) is 0. The SMILES string of the molecule is O=C(c1ccco1)N1CCN(C(=O)C2CN(c3cc(-c4ccccc4)ncn3)C2)CC1. The van der Waals surface area contributed by atoms with Gasteiger partial charge >= 0.3 is 0 Å². The van der Waals surface area contributed by atoms with Crippen LogP contribution >= 0.6 is 0 Å². The van der Waals surface area contributed by atoms with Crippen LogP contribution in [0.2, 0.25) is 0 Å². The molecule has 2 aromatic heterocycles. The lowest BCUT2D eigenvalue weighted by atomic mass is 9.97. The van der Waals surface area contributed by atoms with Crippen molar-refractivity contribution in [2.45, 2.75) is 0 Å². The lowest BCUT2D eigenvalue weighted by Gasteiger charge is -2.43. The highest BCUT2D eigenvalue weighted by Gasteiger charge is 2.37. The minimum atomic E-state index is -0.120. The predicted molar refractivity (Wildman–Crippen MR) is 114 cm³/mol. The fourth-order valence-electron chi connectivity index (χ4n) is 4.05. The first kappa shape index (κ1) is 19.3. The van der Waals surface area contributed by atoms with Crippen LogP contribution in [0.5, 0.6) is 0 Å². The third-order valence-corrected chi connectivity index (χ3v) is 5.89. The average molecular weight is 417 g/mol. The molecule has 8 heteroatoms. The normalized spacial score (nSPS) is 16.8. The molecule has 0 unspecified atom stereocenters. The van der Waals surface area contributed by atoms with E-state index in [2.05, 4.69) is 14.9 Å². The number of benzene rings is 1. The molecule has 0 saturated carbocycles. The van der Waals surface area contributed by atoms with Crippen molar-refractivity contribution in [3.05, 3.63) is 66.9 Å². The number of aromatic nitrogens is 2. The zero-order valence-corrected chi connectivity index (χ0v) is 17.1. The van der Waals surface area contributed by atoms with Crippen LogP contribution < -0.4 is 4.90 Å². The second kappa shape index (κ2) is 8.22. The van der Waals surface area contributed by atoms with Crippen LogP contribution in [-0.2, 0) is 4.79 Å². The van der Waals surface area contributed by atoms with Gasteiger partial charge in [0.25, 0.3) is 5.91 Å². The zero-order chi connectivity index (χ0) is 21.2. The van der Waals surface area contributed by atoms with Gasteiger partial charge in [-0.15, -0.1) is 0 Å². The van der Waals surface area contributed by atoms with E-state index in [4.69, 9.17) is 4.42 Å². The standard InChI is InChI=1S/C23H23N5O3/c29-22(26-8-10-27(11-9-26)23(30)20-7-4-12-31-20)18-14-28(15-18)21-13-19(24-16-25-21)17-5-2-1-3-6-17/h1-7,12-13,16,18H,8-11,14-15H2. The third-order valence-electron chi connectivity index (χ3n) is 5.89. The van der Waals surface area contributed by atoms with Gasteiger partial charge in [0.05, 0.1) is 17.9 Å². The fraction of sp³-hybridized carbons (Fsp3) is 0.304. The highest BCUT2D eigenvalue weighted by Crippen LogP contribution is 2.27. The van der Waals surface area contributed by atoms with Crippen LogP contribution in [0.1, 0.15) is 10.6 Å². The number of nitrogens with zero attached hydrogens (tertiary/aromatic N) is 5. The summed E-state index contributed by atoms with van der Waals surface area (Å²) in [4.78, 5) is 39.7. The minimum absolute atomic E-state index is 0.0394. The third kappa shape index (κ3) is 3.88. The van der Waals surface area contributed by atoms with Gasteiger partial charge in [-0.1, -0.05) is 30.3 Å². The van der Waals surface area contributed by atoms with Gasteiger partial charge < -0.3 is 19.1 Å². The molecule has 2 saturated heterocycles. The van der Waals surface area contributed by atoms with E-state index in [1.165, 1.54) is 6.26 Å². The molecule has 2 aliphatic rings. The molecule has 4 heterocycles. The van der Waals surface area contributed by atoms with Gasteiger partial charge in [0.1, 0.15) is 12.1 Å². The van der Waals surface area contributed by atoms with Gasteiger partial charge in [0, 0.05) is 50.9 Å². The van der Waals surface area contributed by atoms with Gasteiger partial charge in [0.15, 0.2) is 5.76 Å². The van der Waals surface area contributed by atoms with E-state index >= 15 is 0 Å². The molecule has 8 nitrogen and oxygen atoms in total. The van der Waals surface area contributed by atoms with Crippen molar-refractivity contribution < 1.29 is 14.0 Å². The Kier molecular flexibility index (Phi) is 5.11. The first-order valence-corrected chi connectivity index (χ1v) is 10.4. The van der Waals surface area contributed by atoms with Gasteiger partial charge in [-0.05, 0) is 12.1 Å². The smallest absolute Gasteiger partial charge is 0.289 e. The minimum Gasteiger partial charge on any atom is -0.459 e. The Morgan fingerprint density at radius 1 is 0.903 bits per heavy atom. The van der Waals surface area contributed by atoms with E-state index in [9.17, 15) is 9.59 Å². The summed E-state index contributed by atoms with van der Waals surface area (Å²) in [6.45, 7) is 3.44. The Morgan fingerprint density at radius 3 is 2.35 bits per heavy atom. The fourth-order valence-corrected chi connectivity index (χ4v) is 4.05. The highest BCUT2D eigenvalue weighted by molar-refractivity contribution is 5.91. The van der Waals surface area contributed by atoms with E-state index in [0.29, 0.717) is 45.0 Å². The van der Waals surface area contributed by atoms with Crippen molar-refractivity contribution in [3.63, 3.8) is 0 Å². The molecule has 1 aromatic carbocycles. The van der Waals surface area contributed by atoms with Crippen molar-refractivity contribution >= 4 is 17.6 Å². The quantitative estimate of drug-likeness (QED) is 0.647. The van der Waals surface area contributed by atoms with Gasteiger partial charge in [0.2, 0.25) is 5.91 Å². The number of carbonyl (C=O) groups is 2. The molecular weight excluding hydrogens is 394 g/mol. The molecule has 3 aromatic rings. The topological polar surface area (TPSA) is 82.8 Å². The summed E-state index contributed by atoms with van der Waals surface area (Å²) < 4.78 is 5.19. The Balaban J connectivity index is 1.15. The summed E-state index contributed by atoms with van der Waals surface area (Å²) in [6.07, 6.45) is 3.07.